The lowest BCUT2D eigenvalue weighted by atomic mass is 9.87. The largest absolute Gasteiger partial charge is 0.345 e. The first-order valence-corrected chi connectivity index (χ1v) is 12.3. The zero-order chi connectivity index (χ0) is 23.9. The molecule has 0 spiro atoms. The second-order valence-electron chi connectivity index (χ2n) is 8.74. The van der Waals surface area contributed by atoms with Crippen molar-refractivity contribution in [2.75, 3.05) is 33.2 Å². The Labute approximate surface area is 203 Å². The van der Waals surface area contributed by atoms with Crippen LogP contribution in [0.1, 0.15) is 60.5 Å². The van der Waals surface area contributed by atoms with E-state index in [4.69, 9.17) is 16.4 Å². The number of piperidine rings is 2. The molecule has 0 radical (unpaired) electrons. The van der Waals surface area contributed by atoms with E-state index in [0.717, 1.165) is 19.5 Å². The van der Waals surface area contributed by atoms with Gasteiger partial charge in [-0.2, -0.15) is 0 Å². The van der Waals surface area contributed by atoms with Gasteiger partial charge in [0.05, 0.1) is 6.04 Å². The van der Waals surface area contributed by atoms with Crippen LogP contribution in [0.4, 0.5) is 0 Å². The number of nitrogens with zero attached hydrogens (tertiary/aromatic N) is 1. The molecule has 180 valence electrons. The van der Waals surface area contributed by atoms with E-state index < -0.39 is 0 Å². The van der Waals surface area contributed by atoms with E-state index in [1.165, 1.54) is 50.8 Å². The molecule has 4 rings (SSSR count). The molecule has 33 heavy (non-hydrogen) atoms. The maximum absolute atomic E-state index is 12.7. The van der Waals surface area contributed by atoms with Crippen LogP contribution >= 0.6 is 11.6 Å². The van der Waals surface area contributed by atoms with Gasteiger partial charge in [-0.1, -0.05) is 48.4 Å². The summed E-state index contributed by atoms with van der Waals surface area (Å²) in [5, 5.41) is 7.16. The Morgan fingerprint density at radius 2 is 1.64 bits per heavy atom. The molecule has 2 fully saturated rings. The van der Waals surface area contributed by atoms with Gasteiger partial charge < -0.3 is 20.3 Å². The van der Waals surface area contributed by atoms with Crippen molar-refractivity contribution in [3.8, 4) is 0 Å². The molecule has 2 N–H and O–H groups in total. The summed E-state index contributed by atoms with van der Waals surface area (Å²) in [7, 11) is 2.17. The van der Waals surface area contributed by atoms with Crippen LogP contribution in [0.5, 0.6) is 0 Å². The third kappa shape index (κ3) is 10.1. The first-order valence-electron chi connectivity index (χ1n) is 11.9. The predicted octanol–water partition coefficient (Wildman–Crippen LogP) is 5.12. The maximum atomic E-state index is 12.7. The average molecular weight is 472 g/mol. The van der Waals surface area contributed by atoms with Crippen molar-refractivity contribution in [3.63, 3.8) is 0 Å². The van der Waals surface area contributed by atoms with Crippen molar-refractivity contribution >= 4 is 24.3 Å². The Morgan fingerprint density at radius 1 is 1.03 bits per heavy atom. The second kappa shape index (κ2) is 15.6. The van der Waals surface area contributed by atoms with E-state index in [0.29, 0.717) is 16.5 Å². The lowest BCUT2D eigenvalue weighted by Gasteiger charge is -2.31. The molecule has 0 aromatic heterocycles. The summed E-state index contributed by atoms with van der Waals surface area (Å²) in [5.41, 5.74) is 1.82. The van der Waals surface area contributed by atoms with Crippen LogP contribution in [0.2, 0.25) is 5.02 Å². The van der Waals surface area contributed by atoms with Crippen LogP contribution in [-0.4, -0.2) is 50.8 Å². The fourth-order valence-corrected chi connectivity index (χ4v) is 4.37. The lowest BCUT2D eigenvalue weighted by Crippen LogP contribution is -2.34. The van der Waals surface area contributed by atoms with Crippen molar-refractivity contribution in [2.45, 2.75) is 44.6 Å². The summed E-state index contributed by atoms with van der Waals surface area (Å²) >= 11 is 5.92. The van der Waals surface area contributed by atoms with Gasteiger partial charge in [-0.05, 0) is 101 Å². The number of hydrogen-bond acceptors (Lipinski definition) is 4. The minimum Gasteiger partial charge on any atom is -0.345 e. The van der Waals surface area contributed by atoms with Gasteiger partial charge in [-0.15, -0.1) is 0 Å². The third-order valence-electron chi connectivity index (χ3n) is 6.23. The fourth-order valence-electron chi connectivity index (χ4n) is 4.24. The number of carbonyl (C=O) groups is 2. The smallest absolute Gasteiger partial charge is 0.251 e. The van der Waals surface area contributed by atoms with Gasteiger partial charge in [-0.3, -0.25) is 4.79 Å². The topological polar surface area (TPSA) is 61.4 Å². The summed E-state index contributed by atoms with van der Waals surface area (Å²) in [4.78, 5) is 23.0. The SMILES string of the molecule is C1CCNCC1.C=O.CN1CCC(CC(NC(=O)c2ccc(Cl)cc2)c2ccccc2)CC1. The van der Waals surface area contributed by atoms with E-state index in [1.54, 1.807) is 24.3 Å². The van der Waals surface area contributed by atoms with Gasteiger partial charge in [0.2, 0.25) is 0 Å². The van der Waals surface area contributed by atoms with Crippen LogP contribution in [0, 0.1) is 5.92 Å². The van der Waals surface area contributed by atoms with E-state index in [9.17, 15) is 4.79 Å². The maximum Gasteiger partial charge on any atom is 0.251 e. The molecule has 1 amide bonds. The van der Waals surface area contributed by atoms with Crippen LogP contribution in [0.3, 0.4) is 0 Å². The Hall–Kier alpha value is -2.21. The van der Waals surface area contributed by atoms with Gasteiger partial charge in [0.1, 0.15) is 6.79 Å². The number of nitrogens with one attached hydrogen (secondary N) is 2. The summed E-state index contributed by atoms with van der Waals surface area (Å²) in [6.07, 6.45) is 7.58. The molecule has 2 aromatic rings. The number of benzene rings is 2. The van der Waals surface area contributed by atoms with Crippen molar-refractivity contribution in [1.82, 2.24) is 15.5 Å². The number of hydrogen-bond donors (Lipinski definition) is 2. The first-order chi connectivity index (χ1) is 16.1. The van der Waals surface area contributed by atoms with E-state index in [1.807, 2.05) is 25.0 Å². The minimum atomic E-state index is -0.0431. The molecular formula is C27H38ClN3O2. The summed E-state index contributed by atoms with van der Waals surface area (Å²) in [6, 6.07) is 17.4. The second-order valence-corrected chi connectivity index (χ2v) is 9.17. The molecule has 1 unspecified atom stereocenters. The molecule has 2 aliphatic heterocycles. The molecule has 5 nitrogen and oxygen atoms in total. The number of amides is 1. The summed E-state index contributed by atoms with van der Waals surface area (Å²) in [6.45, 7) is 6.77. The predicted molar refractivity (Wildman–Crippen MR) is 137 cm³/mol. The Morgan fingerprint density at radius 3 is 2.15 bits per heavy atom. The van der Waals surface area contributed by atoms with Crippen LogP contribution in [0.25, 0.3) is 0 Å². The van der Waals surface area contributed by atoms with E-state index in [-0.39, 0.29) is 11.9 Å². The Bertz CT molecular complexity index is 777. The lowest BCUT2D eigenvalue weighted by molar-refractivity contribution is -0.0980. The highest BCUT2D eigenvalue weighted by atomic mass is 35.5. The highest BCUT2D eigenvalue weighted by molar-refractivity contribution is 6.30. The monoisotopic (exact) mass is 471 g/mol. The normalized spacial score (nSPS) is 17.5. The van der Waals surface area contributed by atoms with Crippen molar-refractivity contribution in [3.05, 3.63) is 70.7 Å². The fraction of sp³-hybridized carbons (Fsp3) is 0.481. The molecule has 2 aromatic carbocycles. The van der Waals surface area contributed by atoms with Gasteiger partial charge in [-0.25, -0.2) is 0 Å². The van der Waals surface area contributed by atoms with E-state index >= 15 is 0 Å². The Kier molecular flexibility index (Phi) is 12.8. The zero-order valence-electron chi connectivity index (χ0n) is 19.8. The quantitative estimate of drug-likeness (QED) is 0.635. The third-order valence-corrected chi connectivity index (χ3v) is 6.48. The molecule has 0 bridgehead atoms. The molecule has 2 heterocycles. The molecule has 0 aliphatic carbocycles. The van der Waals surface area contributed by atoms with Crippen molar-refractivity contribution in [2.24, 2.45) is 5.92 Å². The zero-order valence-corrected chi connectivity index (χ0v) is 20.5. The number of rotatable bonds is 5. The van der Waals surface area contributed by atoms with Crippen molar-refractivity contribution < 1.29 is 9.59 Å². The van der Waals surface area contributed by atoms with Crippen LogP contribution in [-0.2, 0) is 4.79 Å². The van der Waals surface area contributed by atoms with Gasteiger partial charge in [0.25, 0.3) is 5.91 Å². The molecule has 0 saturated carbocycles. The number of carbonyl (C=O) groups excluding carboxylic acids is 2. The van der Waals surface area contributed by atoms with E-state index in [2.05, 4.69) is 34.7 Å². The van der Waals surface area contributed by atoms with Crippen molar-refractivity contribution in [1.29, 1.82) is 0 Å². The summed E-state index contributed by atoms with van der Waals surface area (Å²) < 4.78 is 0. The Balaban J connectivity index is 0.000000411. The van der Waals surface area contributed by atoms with Crippen LogP contribution in [0.15, 0.2) is 54.6 Å². The molecule has 2 aliphatic rings. The van der Waals surface area contributed by atoms with Crippen LogP contribution < -0.4 is 10.6 Å². The molecule has 6 heteroatoms. The summed E-state index contributed by atoms with van der Waals surface area (Å²) in [5.74, 6) is 0.602. The molecular weight excluding hydrogens is 434 g/mol. The minimum absolute atomic E-state index is 0.0396. The standard InChI is InChI=1S/C21H25ClN2O.C5H11N.CH2O/c1-24-13-11-16(12-14-24)15-20(17-5-3-2-4-6-17)23-21(25)18-7-9-19(22)10-8-18;1-2-4-6-5-3-1;1-2/h2-10,16,20H,11-15H2,1H3,(H,23,25);6H,1-5H2;1H2. The highest BCUT2D eigenvalue weighted by Crippen LogP contribution is 2.28. The van der Waals surface area contributed by atoms with Gasteiger partial charge >= 0.3 is 0 Å². The van der Waals surface area contributed by atoms with Gasteiger partial charge in [0, 0.05) is 10.6 Å². The first kappa shape index (κ1) is 27.0. The number of halogens is 1. The molecule has 1 atom stereocenters. The highest BCUT2D eigenvalue weighted by Gasteiger charge is 2.23. The van der Waals surface area contributed by atoms with Gasteiger partial charge in [0.15, 0.2) is 0 Å². The number of likely N-dealkylation sites (tertiary alicyclic amines) is 1. The molecule has 2 saturated heterocycles. The average Bonchev–Trinajstić information content (AvgIpc) is 2.88.